The van der Waals surface area contributed by atoms with E-state index in [9.17, 15) is 14.9 Å². The van der Waals surface area contributed by atoms with Crippen LogP contribution in [0.25, 0.3) is 11.3 Å². The number of hydrogen-bond acceptors (Lipinski definition) is 8. The number of non-ortho nitro benzene ring substituents is 1. The van der Waals surface area contributed by atoms with Crippen molar-refractivity contribution in [1.29, 1.82) is 0 Å². The summed E-state index contributed by atoms with van der Waals surface area (Å²) in [7, 11) is 2.99. The van der Waals surface area contributed by atoms with Crippen molar-refractivity contribution in [3.8, 4) is 22.8 Å². The van der Waals surface area contributed by atoms with Crippen molar-refractivity contribution in [3.63, 3.8) is 0 Å². The summed E-state index contributed by atoms with van der Waals surface area (Å²) >= 11 is 5.84. The molecule has 0 aliphatic carbocycles. The molecule has 5 rings (SSSR count). The minimum atomic E-state index is -0.589. The van der Waals surface area contributed by atoms with E-state index in [2.05, 4.69) is 15.6 Å². The maximum Gasteiger partial charge on any atom is 0.273 e. The lowest BCUT2D eigenvalue weighted by Gasteiger charge is -2.27. The van der Waals surface area contributed by atoms with Crippen LogP contribution in [-0.2, 0) is 4.79 Å². The first-order chi connectivity index (χ1) is 20.5. The highest BCUT2D eigenvalue weighted by Crippen LogP contribution is 2.45. The number of anilines is 2. The predicted molar refractivity (Wildman–Crippen MR) is 166 cm³/mol. The van der Waals surface area contributed by atoms with Gasteiger partial charge in [0.1, 0.15) is 29.1 Å². The average molecular weight is 602 g/mol. The first-order valence-electron chi connectivity index (χ1n) is 13.4. The summed E-state index contributed by atoms with van der Waals surface area (Å²) in [4.78, 5) is 30.0. The van der Waals surface area contributed by atoms with Gasteiger partial charge in [-0.3, -0.25) is 19.9 Å². The van der Waals surface area contributed by atoms with E-state index >= 15 is 0 Å². The summed E-state index contributed by atoms with van der Waals surface area (Å²) in [6.45, 7) is 5.51. The van der Waals surface area contributed by atoms with Crippen molar-refractivity contribution >= 4 is 40.3 Å². The molecule has 3 heterocycles. The number of thiocarbonyl (C=S) groups is 1. The zero-order valence-electron chi connectivity index (χ0n) is 24.3. The monoisotopic (exact) mass is 601 g/mol. The number of hydrogen-bond donors (Lipinski definition) is 2. The van der Waals surface area contributed by atoms with E-state index in [1.807, 2.05) is 62.1 Å². The Morgan fingerprint density at radius 1 is 1.07 bits per heavy atom. The minimum absolute atomic E-state index is 0.0878. The lowest BCUT2D eigenvalue weighted by molar-refractivity contribution is -0.384. The number of methoxy groups -OCH3 is 2. The summed E-state index contributed by atoms with van der Waals surface area (Å²) in [6.07, 6.45) is 1.71. The SMILES string of the molecule is COc1cc(N2C(=S)N[C@H](c3ccccn3)[C@@H]2c2ccc(-c3ccc([N+](=O)[O-])cc3OC)o2)ccc1NC(=O)C(C)(C)C. The molecule has 1 saturated heterocycles. The van der Waals surface area contributed by atoms with Crippen molar-refractivity contribution in [2.45, 2.75) is 32.9 Å². The lowest BCUT2D eigenvalue weighted by atomic mass is 9.95. The van der Waals surface area contributed by atoms with Crippen molar-refractivity contribution in [3.05, 3.63) is 94.5 Å². The first kappa shape index (κ1) is 29.5. The third-order valence-electron chi connectivity index (χ3n) is 7.07. The van der Waals surface area contributed by atoms with Gasteiger partial charge in [-0.2, -0.15) is 0 Å². The number of nitro benzene ring substituents is 1. The van der Waals surface area contributed by atoms with Gasteiger partial charge in [-0.1, -0.05) is 26.8 Å². The van der Waals surface area contributed by atoms with Gasteiger partial charge in [0.15, 0.2) is 5.11 Å². The fraction of sp³-hybridized carbons (Fsp3) is 0.258. The van der Waals surface area contributed by atoms with Crippen molar-refractivity contribution in [1.82, 2.24) is 10.3 Å². The molecule has 2 N–H and O–H groups in total. The van der Waals surface area contributed by atoms with Gasteiger partial charge in [0.2, 0.25) is 5.91 Å². The van der Waals surface area contributed by atoms with E-state index in [4.69, 9.17) is 26.1 Å². The maximum absolute atomic E-state index is 12.7. The molecule has 0 saturated carbocycles. The summed E-state index contributed by atoms with van der Waals surface area (Å²) < 4.78 is 17.5. The summed E-state index contributed by atoms with van der Waals surface area (Å²) in [5.74, 6) is 1.68. The second kappa shape index (κ2) is 11.7. The molecule has 12 heteroatoms. The molecule has 1 amide bonds. The van der Waals surface area contributed by atoms with Crippen LogP contribution in [0.3, 0.4) is 0 Å². The Morgan fingerprint density at radius 3 is 2.49 bits per heavy atom. The van der Waals surface area contributed by atoms with Crippen LogP contribution >= 0.6 is 12.2 Å². The Kier molecular flexibility index (Phi) is 8.05. The second-order valence-electron chi connectivity index (χ2n) is 10.9. The van der Waals surface area contributed by atoms with Gasteiger partial charge < -0.3 is 29.4 Å². The van der Waals surface area contributed by atoms with E-state index in [1.165, 1.54) is 26.4 Å². The standard InChI is InChI=1S/C31H31N5O6S/c1-31(2,3)29(37)33-21-12-10-18(16-26(21)41-5)35-28(27(34-30(35)43)22-8-6-7-15-32-22)24-14-13-23(42-24)20-11-9-19(36(38)39)17-25(20)40-4/h6-17,27-28H,1-5H3,(H,33,37)(H,34,43)/t27-,28+/m1/s1. The zero-order chi connectivity index (χ0) is 30.9. The third-order valence-corrected chi connectivity index (χ3v) is 7.38. The molecule has 1 aliphatic heterocycles. The number of carbonyl (C=O) groups is 1. The molecule has 2 aromatic carbocycles. The largest absolute Gasteiger partial charge is 0.496 e. The lowest BCUT2D eigenvalue weighted by Crippen LogP contribution is -2.30. The number of rotatable bonds is 8. The number of pyridine rings is 1. The van der Waals surface area contributed by atoms with Crippen LogP contribution in [0.1, 0.15) is 44.3 Å². The minimum Gasteiger partial charge on any atom is -0.496 e. The molecule has 0 bridgehead atoms. The smallest absolute Gasteiger partial charge is 0.273 e. The Bertz CT molecular complexity index is 1680. The van der Waals surface area contributed by atoms with Crippen LogP contribution in [0.15, 0.2) is 77.3 Å². The molecule has 1 aliphatic rings. The molecule has 11 nitrogen and oxygen atoms in total. The van der Waals surface area contributed by atoms with E-state index in [1.54, 1.807) is 24.4 Å². The number of nitrogens with one attached hydrogen (secondary N) is 2. The molecule has 0 radical (unpaired) electrons. The topological polar surface area (TPSA) is 132 Å². The highest BCUT2D eigenvalue weighted by Gasteiger charge is 2.43. The van der Waals surface area contributed by atoms with Crippen LogP contribution in [0.2, 0.25) is 0 Å². The summed E-state index contributed by atoms with van der Waals surface area (Å²) in [5, 5.41) is 18.1. The number of amides is 1. The molecule has 1 fully saturated rings. The van der Waals surface area contributed by atoms with Gasteiger partial charge in [-0.15, -0.1) is 0 Å². The van der Waals surface area contributed by atoms with Gasteiger partial charge in [0, 0.05) is 29.4 Å². The fourth-order valence-corrected chi connectivity index (χ4v) is 5.16. The highest BCUT2D eigenvalue weighted by atomic mass is 32.1. The molecule has 0 unspecified atom stereocenters. The number of benzene rings is 2. The fourth-order valence-electron chi connectivity index (χ4n) is 4.82. The Balaban J connectivity index is 1.57. The average Bonchev–Trinajstić information content (AvgIpc) is 3.61. The van der Waals surface area contributed by atoms with Gasteiger partial charge in [0.25, 0.3) is 5.69 Å². The second-order valence-corrected chi connectivity index (χ2v) is 11.3. The number of carbonyl (C=O) groups excluding carboxylic acids is 1. The Morgan fingerprint density at radius 2 is 1.84 bits per heavy atom. The number of nitrogens with zero attached hydrogens (tertiary/aromatic N) is 3. The van der Waals surface area contributed by atoms with E-state index in [0.29, 0.717) is 45.1 Å². The highest BCUT2D eigenvalue weighted by molar-refractivity contribution is 7.80. The molecule has 2 aromatic heterocycles. The number of ether oxygens (including phenoxy) is 2. The Labute approximate surface area is 254 Å². The van der Waals surface area contributed by atoms with Crippen LogP contribution in [0.5, 0.6) is 11.5 Å². The van der Waals surface area contributed by atoms with Gasteiger partial charge in [-0.05, 0) is 54.7 Å². The van der Waals surface area contributed by atoms with Gasteiger partial charge in [-0.25, -0.2) is 0 Å². The van der Waals surface area contributed by atoms with Crippen LogP contribution in [0.4, 0.5) is 17.1 Å². The zero-order valence-corrected chi connectivity index (χ0v) is 25.1. The molecule has 2 atom stereocenters. The first-order valence-corrected chi connectivity index (χ1v) is 13.9. The van der Waals surface area contributed by atoms with E-state index < -0.39 is 16.4 Å². The Hall–Kier alpha value is -4.97. The van der Waals surface area contributed by atoms with Crippen LogP contribution < -0.4 is 25.0 Å². The summed E-state index contributed by atoms with van der Waals surface area (Å²) in [5.41, 5.74) is 1.88. The molecule has 222 valence electrons. The third kappa shape index (κ3) is 5.86. The van der Waals surface area contributed by atoms with Gasteiger partial charge in [0.05, 0.1) is 48.2 Å². The maximum atomic E-state index is 12.7. The van der Waals surface area contributed by atoms with Crippen LogP contribution in [0, 0.1) is 15.5 Å². The molecule has 43 heavy (non-hydrogen) atoms. The number of furan rings is 1. The van der Waals surface area contributed by atoms with Crippen LogP contribution in [-0.4, -0.2) is 35.1 Å². The predicted octanol–water partition coefficient (Wildman–Crippen LogP) is 6.43. The number of nitro groups is 1. The van der Waals surface area contributed by atoms with Crippen molar-refractivity contribution in [2.24, 2.45) is 5.41 Å². The quantitative estimate of drug-likeness (QED) is 0.132. The molecule has 4 aromatic rings. The van der Waals surface area contributed by atoms with E-state index in [-0.39, 0.29) is 17.6 Å². The normalized spacial score (nSPS) is 16.5. The summed E-state index contributed by atoms with van der Waals surface area (Å²) in [6, 6.07) is 18.2. The number of aromatic nitrogens is 1. The van der Waals surface area contributed by atoms with E-state index in [0.717, 1.165) is 5.69 Å². The molecular formula is C31H31N5O6S. The van der Waals surface area contributed by atoms with Crippen molar-refractivity contribution in [2.75, 3.05) is 24.4 Å². The molecular weight excluding hydrogens is 570 g/mol. The van der Waals surface area contributed by atoms with Gasteiger partial charge >= 0.3 is 0 Å². The van der Waals surface area contributed by atoms with Crippen molar-refractivity contribution < 1.29 is 23.6 Å². The molecule has 0 spiro atoms.